The third-order valence-corrected chi connectivity index (χ3v) is 4.75. The first kappa shape index (κ1) is 16.3. The molecular formula is C18H14FNO3S. The number of hydrogen-bond donors (Lipinski definition) is 0. The lowest BCUT2D eigenvalue weighted by Gasteiger charge is -2.13. The van der Waals surface area contributed by atoms with Crippen molar-refractivity contribution in [3.05, 3.63) is 64.8 Å². The van der Waals surface area contributed by atoms with Crippen LogP contribution >= 0.6 is 11.8 Å². The zero-order valence-electron chi connectivity index (χ0n) is 13.1. The summed E-state index contributed by atoms with van der Waals surface area (Å²) in [6.07, 6.45) is 0. The van der Waals surface area contributed by atoms with Crippen molar-refractivity contribution in [2.45, 2.75) is 6.92 Å². The van der Waals surface area contributed by atoms with E-state index in [1.54, 1.807) is 38.3 Å². The summed E-state index contributed by atoms with van der Waals surface area (Å²) < 4.78 is 19.1. The molecule has 0 aliphatic carbocycles. The van der Waals surface area contributed by atoms with E-state index in [4.69, 9.17) is 4.74 Å². The van der Waals surface area contributed by atoms with Crippen LogP contribution < -0.4 is 9.64 Å². The monoisotopic (exact) mass is 343 g/mol. The zero-order chi connectivity index (χ0) is 17.3. The summed E-state index contributed by atoms with van der Waals surface area (Å²) in [5, 5.41) is -0.512. The fourth-order valence-corrected chi connectivity index (χ4v) is 3.32. The first-order valence-corrected chi connectivity index (χ1v) is 8.00. The van der Waals surface area contributed by atoms with Crippen molar-refractivity contribution >= 4 is 34.2 Å². The molecule has 1 aliphatic heterocycles. The third kappa shape index (κ3) is 2.80. The standard InChI is InChI=1S/C18H14FNO3S/c1-11(12-6-5-7-13(10-12)23-2)16-17(21)20(18(22)24-16)15-9-4-3-8-14(15)19/h3-10H,1-2H3/b16-11-. The van der Waals surface area contributed by atoms with Gasteiger partial charge in [-0.1, -0.05) is 24.3 Å². The van der Waals surface area contributed by atoms with Crippen molar-refractivity contribution < 1.29 is 18.7 Å². The van der Waals surface area contributed by atoms with Crippen LogP contribution in [0.3, 0.4) is 0 Å². The van der Waals surface area contributed by atoms with Gasteiger partial charge in [0.1, 0.15) is 11.6 Å². The average Bonchev–Trinajstić information content (AvgIpc) is 2.89. The molecule has 0 unspecified atom stereocenters. The highest BCUT2D eigenvalue weighted by molar-refractivity contribution is 8.19. The van der Waals surface area contributed by atoms with Gasteiger partial charge in [-0.05, 0) is 54.1 Å². The molecule has 0 saturated carbocycles. The predicted octanol–water partition coefficient (Wildman–Crippen LogP) is 4.47. The summed E-state index contributed by atoms with van der Waals surface area (Å²) >= 11 is 0.811. The molecule has 0 aromatic heterocycles. The number of thioether (sulfide) groups is 1. The maximum atomic E-state index is 14.0. The summed E-state index contributed by atoms with van der Waals surface area (Å²) in [5.74, 6) is -0.476. The van der Waals surface area contributed by atoms with Gasteiger partial charge < -0.3 is 4.74 Å². The van der Waals surface area contributed by atoms with Gasteiger partial charge in [-0.15, -0.1) is 0 Å². The van der Waals surface area contributed by atoms with Crippen LogP contribution in [0.4, 0.5) is 14.9 Å². The Morgan fingerprint density at radius 1 is 1.12 bits per heavy atom. The van der Waals surface area contributed by atoms with Crippen LogP contribution in [0.2, 0.25) is 0 Å². The number of anilines is 1. The van der Waals surface area contributed by atoms with E-state index in [9.17, 15) is 14.0 Å². The van der Waals surface area contributed by atoms with Gasteiger partial charge in [0.05, 0.1) is 17.7 Å². The van der Waals surface area contributed by atoms with Crippen LogP contribution in [0, 0.1) is 5.82 Å². The van der Waals surface area contributed by atoms with E-state index in [2.05, 4.69) is 0 Å². The minimum absolute atomic E-state index is 0.0338. The predicted molar refractivity (Wildman–Crippen MR) is 92.5 cm³/mol. The maximum Gasteiger partial charge on any atom is 0.298 e. The second-order valence-electron chi connectivity index (χ2n) is 5.15. The van der Waals surface area contributed by atoms with E-state index in [1.165, 1.54) is 18.2 Å². The SMILES string of the molecule is COc1cccc(/C(C)=C2\SC(=O)N(c3ccccc3F)C2=O)c1. The summed E-state index contributed by atoms with van der Waals surface area (Å²) in [6.45, 7) is 1.76. The van der Waals surface area contributed by atoms with Crippen molar-refractivity contribution in [2.75, 3.05) is 12.0 Å². The highest BCUT2D eigenvalue weighted by atomic mass is 32.2. The highest BCUT2D eigenvalue weighted by Gasteiger charge is 2.38. The topological polar surface area (TPSA) is 46.6 Å². The molecule has 0 spiro atoms. The summed E-state index contributed by atoms with van der Waals surface area (Å²) in [5.41, 5.74) is 1.39. The Morgan fingerprint density at radius 3 is 2.58 bits per heavy atom. The van der Waals surface area contributed by atoms with E-state index < -0.39 is 17.0 Å². The Bertz CT molecular complexity index is 863. The van der Waals surface area contributed by atoms with Gasteiger partial charge in [-0.3, -0.25) is 9.59 Å². The Kier molecular flexibility index (Phi) is 4.40. The number of nitrogens with zero attached hydrogens (tertiary/aromatic N) is 1. The van der Waals surface area contributed by atoms with Gasteiger partial charge in [0, 0.05) is 0 Å². The first-order chi connectivity index (χ1) is 11.5. The second-order valence-corrected chi connectivity index (χ2v) is 6.11. The molecule has 1 heterocycles. The minimum Gasteiger partial charge on any atom is -0.497 e. The number of carbonyl (C=O) groups excluding carboxylic acids is 2. The summed E-state index contributed by atoms with van der Waals surface area (Å²) in [7, 11) is 1.56. The van der Waals surface area contributed by atoms with Crippen molar-refractivity contribution in [3.8, 4) is 5.75 Å². The average molecular weight is 343 g/mol. The number of hydrogen-bond acceptors (Lipinski definition) is 4. The Hall–Kier alpha value is -2.60. The number of ether oxygens (including phenoxy) is 1. The number of benzene rings is 2. The molecule has 2 aromatic carbocycles. The number of allylic oxidation sites excluding steroid dienone is 1. The molecule has 3 rings (SSSR count). The number of rotatable bonds is 3. The second kappa shape index (κ2) is 6.49. The van der Waals surface area contributed by atoms with Crippen LogP contribution in [0.15, 0.2) is 53.4 Å². The minimum atomic E-state index is -0.611. The van der Waals surface area contributed by atoms with Crippen LogP contribution in [0.5, 0.6) is 5.75 Å². The van der Waals surface area contributed by atoms with E-state index >= 15 is 0 Å². The molecule has 24 heavy (non-hydrogen) atoms. The zero-order valence-corrected chi connectivity index (χ0v) is 13.9. The van der Waals surface area contributed by atoms with Gasteiger partial charge in [-0.25, -0.2) is 9.29 Å². The fourth-order valence-electron chi connectivity index (χ4n) is 2.43. The molecule has 2 amide bonds. The quantitative estimate of drug-likeness (QED) is 0.772. The van der Waals surface area contributed by atoms with Gasteiger partial charge in [0.25, 0.3) is 11.1 Å². The fraction of sp³-hybridized carbons (Fsp3) is 0.111. The van der Waals surface area contributed by atoms with E-state index in [0.29, 0.717) is 11.3 Å². The Morgan fingerprint density at radius 2 is 1.88 bits per heavy atom. The Labute approximate surface area is 142 Å². The summed E-state index contributed by atoms with van der Waals surface area (Å²) in [4.78, 5) is 26.1. The number of halogens is 1. The van der Waals surface area contributed by atoms with Gasteiger partial charge >= 0.3 is 0 Å². The van der Waals surface area contributed by atoms with E-state index in [-0.39, 0.29) is 10.6 Å². The first-order valence-electron chi connectivity index (χ1n) is 7.19. The van der Waals surface area contributed by atoms with Crippen molar-refractivity contribution in [2.24, 2.45) is 0 Å². The number of amides is 2. The largest absolute Gasteiger partial charge is 0.497 e. The van der Waals surface area contributed by atoms with E-state index in [0.717, 1.165) is 22.2 Å². The number of para-hydroxylation sites is 1. The number of methoxy groups -OCH3 is 1. The lowest BCUT2D eigenvalue weighted by atomic mass is 10.1. The Balaban J connectivity index is 2.03. The number of imide groups is 1. The molecule has 1 saturated heterocycles. The smallest absolute Gasteiger partial charge is 0.298 e. The molecule has 0 bridgehead atoms. The van der Waals surface area contributed by atoms with Crippen molar-refractivity contribution in [3.63, 3.8) is 0 Å². The van der Waals surface area contributed by atoms with E-state index in [1.807, 2.05) is 6.07 Å². The molecule has 0 radical (unpaired) electrons. The van der Waals surface area contributed by atoms with Crippen molar-refractivity contribution in [1.82, 2.24) is 0 Å². The van der Waals surface area contributed by atoms with Gasteiger partial charge in [0.2, 0.25) is 0 Å². The van der Waals surface area contributed by atoms with Crippen LogP contribution in [0.25, 0.3) is 5.57 Å². The molecule has 1 fully saturated rings. The molecule has 122 valence electrons. The molecule has 0 N–H and O–H groups in total. The van der Waals surface area contributed by atoms with Crippen LogP contribution in [0.1, 0.15) is 12.5 Å². The molecular weight excluding hydrogens is 329 g/mol. The highest BCUT2D eigenvalue weighted by Crippen LogP contribution is 2.39. The maximum absolute atomic E-state index is 14.0. The molecule has 6 heteroatoms. The molecule has 4 nitrogen and oxygen atoms in total. The van der Waals surface area contributed by atoms with Crippen LogP contribution in [-0.2, 0) is 4.79 Å². The molecule has 2 aromatic rings. The van der Waals surface area contributed by atoms with Gasteiger partial charge in [0.15, 0.2) is 0 Å². The van der Waals surface area contributed by atoms with Crippen molar-refractivity contribution in [1.29, 1.82) is 0 Å². The molecule has 1 aliphatic rings. The molecule has 0 atom stereocenters. The normalized spacial score (nSPS) is 16.5. The lowest BCUT2D eigenvalue weighted by molar-refractivity contribution is -0.113. The third-order valence-electron chi connectivity index (χ3n) is 3.71. The summed E-state index contributed by atoms with van der Waals surface area (Å²) in [6, 6.07) is 12.9. The number of carbonyl (C=O) groups is 2. The lowest BCUT2D eigenvalue weighted by Crippen LogP contribution is -2.28. The van der Waals surface area contributed by atoms with Gasteiger partial charge in [-0.2, -0.15) is 0 Å². The van der Waals surface area contributed by atoms with Crippen LogP contribution in [-0.4, -0.2) is 18.3 Å².